The number of halogens is 1. The highest BCUT2D eigenvalue weighted by Crippen LogP contribution is 2.55. The number of aliphatic hydroxyl groups excluding tert-OH is 2. The molecule has 34 heavy (non-hydrogen) atoms. The largest absolute Gasteiger partial charge is 0.388 e. The molecule has 2 unspecified atom stereocenters. The Morgan fingerprint density at radius 3 is 2.56 bits per heavy atom. The minimum absolute atomic E-state index is 0.149. The lowest BCUT2D eigenvalue weighted by molar-refractivity contribution is -0.0354. The Hall–Kier alpha value is -2.06. The van der Waals surface area contributed by atoms with Crippen molar-refractivity contribution in [1.82, 2.24) is 29.5 Å². The van der Waals surface area contributed by atoms with Gasteiger partial charge in [0.05, 0.1) is 18.6 Å². The van der Waals surface area contributed by atoms with E-state index in [1.54, 1.807) is 0 Å². The molecule has 0 saturated carbocycles. The number of fused-ring (bicyclic) bond motifs is 1. The summed E-state index contributed by atoms with van der Waals surface area (Å²) in [6, 6.07) is 0. The molecule has 15 nitrogen and oxygen atoms in total. The molecule has 3 aromatic rings. The number of nitrogens with zero attached hydrogens (tertiary/aromatic N) is 6. The number of aliphatic hydroxyl groups is 2. The van der Waals surface area contributed by atoms with Gasteiger partial charge in [0.25, 0.3) is 0 Å². The molecule has 184 valence electrons. The van der Waals surface area contributed by atoms with Crippen molar-refractivity contribution in [3.05, 3.63) is 30.2 Å². The van der Waals surface area contributed by atoms with Crippen molar-refractivity contribution < 1.29 is 38.8 Å². The zero-order valence-electron chi connectivity index (χ0n) is 17.2. The Morgan fingerprint density at radius 1 is 1.12 bits per heavy atom. The average molecular weight is 536 g/mol. The van der Waals surface area contributed by atoms with Gasteiger partial charge in [0.2, 0.25) is 12.7 Å². The fraction of sp³-hybridized carbons (Fsp3) is 0.438. The first kappa shape index (κ1) is 25.0. The maximum Gasteiger partial charge on any atom is 0.335 e. The maximum absolute atomic E-state index is 12.1. The minimum Gasteiger partial charge on any atom is -0.388 e. The van der Waals surface area contributed by atoms with E-state index in [4.69, 9.17) is 26.1 Å². The molecule has 0 spiro atoms. The van der Waals surface area contributed by atoms with Crippen molar-refractivity contribution in [2.45, 2.75) is 31.0 Å². The molecule has 0 bridgehead atoms. The summed E-state index contributed by atoms with van der Waals surface area (Å²) >= 11 is 6.06. The fourth-order valence-corrected chi connectivity index (χ4v) is 7.22. The van der Waals surface area contributed by atoms with Gasteiger partial charge in [-0.3, -0.25) is 18.7 Å². The van der Waals surface area contributed by atoms with Crippen LogP contribution in [-0.2, 0) is 13.9 Å². The third kappa shape index (κ3) is 5.60. The van der Waals surface area contributed by atoms with E-state index in [2.05, 4.69) is 30.2 Å². The van der Waals surface area contributed by atoms with Crippen LogP contribution in [0.2, 0.25) is 5.28 Å². The molecule has 4 heterocycles. The molecule has 0 aliphatic carbocycles. The number of ether oxygens (including phenoxy) is 1. The summed E-state index contributed by atoms with van der Waals surface area (Å²) in [5, 5.41) is 23.7. The van der Waals surface area contributed by atoms with Crippen molar-refractivity contribution in [3.8, 4) is 0 Å². The number of hydrogen-bond donors (Lipinski definition) is 6. The first-order chi connectivity index (χ1) is 15.9. The van der Waals surface area contributed by atoms with Crippen LogP contribution in [0, 0.1) is 0 Å². The van der Waals surface area contributed by atoms with E-state index in [9.17, 15) is 24.2 Å². The smallest absolute Gasteiger partial charge is 0.335 e. The van der Waals surface area contributed by atoms with E-state index in [0.717, 1.165) is 0 Å². The molecule has 6 N–H and O–H groups in total. The maximum atomic E-state index is 12.1. The number of aromatic nitrogens is 6. The third-order valence-corrected chi connectivity index (χ3v) is 9.35. The molecule has 5 atom stereocenters. The number of rotatable bonds is 8. The van der Waals surface area contributed by atoms with E-state index in [-0.39, 0.29) is 28.7 Å². The van der Waals surface area contributed by atoms with Crippen LogP contribution < -0.4 is 5.32 Å². The van der Waals surface area contributed by atoms with E-state index in [1.807, 2.05) is 0 Å². The lowest BCUT2D eigenvalue weighted by atomic mass is 10.1. The van der Waals surface area contributed by atoms with E-state index in [0.29, 0.717) is 5.82 Å². The van der Waals surface area contributed by atoms with Gasteiger partial charge in [-0.1, -0.05) is 0 Å². The summed E-state index contributed by atoms with van der Waals surface area (Å²) in [6.07, 6.45) is -0.236. The van der Waals surface area contributed by atoms with Crippen LogP contribution in [-0.4, -0.2) is 84.8 Å². The monoisotopic (exact) mass is 535 g/mol. The Bertz CT molecular complexity index is 1270. The van der Waals surface area contributed by atoms with Gasteiger partial charge in [0.1, 0.15) is 23.9 Å². The predicted octanol–water partition coefficient (Wildman–Crippen LogP) is 0.428. The van der Waals surface area contributed by atoms with E-state index < -0.39 is 51.6 Å². The molecule has 4 rings (SSSR count). The molecule has 3 aromatic heterocycles. The second-order valence-electron chi connectivity index (χ2n) is 7.59. The molecule has 18 heteroatoms. The van der Waals surface area contributed by atoms with Crippen LogP contribution in [0.15, 0.2) is 24.9 Å². The van der Waals surface area contributed by atoms with Crippen molar-refractivity contribution in [3.63, 3.8) is 0 Å². The second-order valence-corrected chi connectivity index (χ2v) is 12.5. The summed E-state index contributed by atoms with van der Waals surface area (Å²) in [5.74, 6) is -0.611. The van der Waals surface area contributed by atoms with Gasteiger partial charge in [-0.2, -0.15) is 9.97 Å². The first-order valence-corrected chi connectivity index (χ1v) is 13.9. The Labute approximate surface area is 196 Å². The zero-order chi connectivity index (χ0) is 24.7. The molecular formula is C16H20ClN7O8P2. The van der Waals surface area contributed by atoms with Crippen LogP contribution in [0.1, 0.15) is 12.6 Å². The van der Waals surface area contributed by atoms with Gasteiger partial charge in [0.15, 0.2) is 23.2 Å². The molecular weight excluding hydrogens is 516 g/mol. The van der Waals surface area contributed by atoms with Crippen molar-refractivity contribution in [2.75, 3.05) is 17.4 Å². The average Bonchev–Trinajstić information content (AvgIpc) is 3.27. The van der Waals surface area contributed by atoms with Gasteiger partial charge < -0.3 is 34.9 Å². The van der Waals surface area contributed by atoms with Gasteiger partial charge in [-0.25, -0.2) is 9.97 Å². The molecule has 0 radical (unpaired) electrons. The Balaban J connectivity index is 1.56. The van der Waals surface area contributed by atoms with Crippen molar-refractivity contribution in [1.29, 1.82) is 0 Å². The minimum atomic E-state index is -4.71. The lowest BCUT2D eigenvalue weighted by Gasteiger charge is -2.18. The second kappa shape index (κ2) is 9.53. The van der Waals surface area contributed by atoms with Crippen LogP contribution in [0.25, 0.3) is 11.2 Å². The summed E-state index contributed by atoms with van der Waals surface area (Å²) in [5.41, 5.74) is 0.419. The molecule has 1 fully saturated rings. The van der Waals surface area contributed by atoms with E-state index >= 15 is 0 Å². The SMILES string of the molecule is O=P(O)(O)CP(=O)(O)CC[C@H]1O[C@@H](n2cnc3c(Nc4cnccn4)nc(Cl)nc32)C(O)[C@H]1O. The number of anilines is 2. The summed E-state index contributed by atoms with van der Waals surface area (Å²) in [4.78, 5) is 48.2. The summed E-state index contributed by atoms with van der Waals surface area (Å²) in [7, 11) is -8.90. The summed E-state index contributed by atoms with van der Waals surface area (Å²) in [6.45, 7) is 0. The topological polar surface area (TPSA) is 226 Å². The van der Waals surface area contributed by atoms with E-state index in [1.165, 1.54) is 29.5 Å². The number of hydrogen-bond acceptors (Lipinski definition) is 11. The third-order valence-electron chi connectivity index (χ3n) is 4.98. The zero-order valence-corrected chi connectivity index (χ0v) is 19.7. The summed E-state index contributed by atoms with van der Waals surface area (Å²) < 4.78 is 30.2. The van der Waals surface area contributed by atoms with Crippen LogP contribution in [0.5, 0.6) is 0 Å². The standard InChI is InChI=1S/C16H20ClN7O8P2/c17-16-22-13(21-9-5-18-2-3-19-9)10-14(23-16)24(6-20-10)15-12(26)11(25)8(32-15)1-4-33(27,28)7-34(29,30)31/h2-3,5-6,8,11-12,15,25-26H,1,4,7H2,(H,27,28)(H2,29,30,31)(H,19,21,22,23)/t8-,11+,12?,15-/m1/s1. The van der Waals surface area contributed by atoms with Gasteiger partial charge in [-0.05, 0) is 18.0 Å². The predicted molar refractivity (Wildman–Crippen MR) is 118 cm³/mol. The number of nitrogens with one attached hydrogen (secondary N) is 1. The van der Waals surface area contributed by atoms with Crippen LogP contribution in [0.4, 0.5) is 11.6 Å². The molecule has 1 aliphatic heterocycles. The Kier molecular flexibility index (Phi) is 7.02. The Morgan fingerprint density at radius 2 is 1.88 bits per heavy atom. The molecule has 0 aromatic carbocycles. The highest BCUT2D eigenvalue weighted by molar-refractivity contribution is 7.72. The normalized spacial score (nSPS) is 24.9. The lowest BCUT2D eigenvalue weighted by Crippen LogP contribution is -2.32. The molecule has 0 amide bonds. The van der Waals surface area contributed by atoms with Crippen molar-refractivity contribution >= 4 is 49.4 Å². The quantitative estimate of drug-likeness (QED) is 0.170. The molecule has 1 aliphatic rings. The van der Waals surface area contributed by atoms with Gasteiger partial charge >= 0.3 is 7.60 Å². The first-order valence-electron chi connectivity index (χ1n) is 9.74. The fourth-order valence-electron chi connectivity index (χ4n) is 3.53. The molecule has 1 saturated heterocycles. The highest BCUT2D eigenvalue weighted by atomic mass is 35.5. The van der Waals surface area contributed by atoms with Gasteiger partial charge in [-0.15, -0.1) is 0 Å². The number of imidazole rings is 1. The van der Waals surface area contributed by atoms with Crippen LogP contribution >= 0.6 is 26.6 Å². The highest BCUT2D eigenvalue weighted by Gasteiger charge is 2.45. The van der Waals surface area contributed by atoms with Gasteiger partial charge in [0, 0.05) is 18.6 Å². The van der Waals surface area contributed by atoms with Crippen molar-refractivity contribution in [2.24, 2.45) is 0 Å². The van der Waals surface area contributed by atoms with Crippen LogP contribution in [0.3, 0.4) is 0 Å².